The molecule has 2 saturated heterocycles. The fourth-order valence-electron chi connectivity index (χ4n) is 3.62. The number of aromatic nitrogens is 1. The molecule has 5 nitrogen and oxygen atoms in total. The molecule has 0 unspecified atom stereocenters. The highest BCUT2D eigenvalue weighted by Gasteiger charge is 2.35. The van der Waals surface area contributed by atoms with Gasteiger partial charge in [0, 0.05) is 45.2 Å². The number of benzene rings is 1. The molecule has 0 aliphatic carbocycles. The Hall–Kier alpha value is -1.21. The van der Waals surface area contributed by atoms with E-state index in [1.165, 1.54) is 4.70 Å². The zero-order chi connectivity index (χ0) is 15.6. The second-order valence-corrected chi connectivity index (χ2v) is 7.49. The van der Waals surface area contributed by atoms with Crippen LogP contribution in [0.2, 0.25) is 0 Å². The van der Waals surface area contributed by atoms with Crippen LogP contribution in [0, 0.1) is 11.8 Å². The van der Waals surface area contributed by atoms with E-state index in [2.05, 4.69) is 28.0 Å². The third kappa shape index (κ3) is 3.21. The molecule has 2 aromatic rings. The van der Waals surface area contributed by atoms with Crippen molar-refractivity contribution in [3.8, 4) is 0 Å². The molecule has 4 rings (SSSR count). The molecule has 2 atom stereocenters. The van der Waals surface area contributed by atoms with Gasteiger partial charge in [0.25, 0.3) is 0 Å². The molecule has 1 aromatic carbocycles. The predicted octanol–water partition coefficient (Wildman–Crippen LogP) is 1.67. The van der Waals surface area contributed by atoms with E-state index in [-0.39, 0.29) is 6.61 Å². The van der Waals surface area contributed by atoms with E-state index < -0.39 is 0 Å². The Morgan fingerprint density at radius 1 is 1.17 bits per heavy atom. The predicted molar refractivity (Wildman–Crippen MR) is 93.2 cm³/mol. The minimum absolute atomic E-state index is 0.260. The molecule has 0 amide bonds. The number of para-hydroxylation sites is 1. The van der Waals surface area contributed by atoms with Gasteiger partial charge in [-0.05, 0) is 18.1 Å². The highest BCUT2D eigenvalue weighted by Crippen LogP contribution is 2.34. The summed E-state index contributed by atoms with van der Waals surface area (Å²) in [6, 6.07) is 8.29. The van der Waals surface area contributed by atoms with E-state index in [1.807, 2.05) is 6.07 Å². The number of ether oxygens (including phenoxy) is 1. The summed E-state index contributed by atoms with van der Waals surface area (Å²) in [6.45, 7) is 6.89. The Labute approximate surface area is 140 Å². The van der Waals surface area contributed by atoms with E-state index in [4.69, 9.17) is 9.72 Å². The van der Waals surface area contributed by atoms with Crippen LogP contribution in [0.4, 0.5) is 5.13 Å². The van der Waals surface area contributed by atoms with Gasteiger partial charge in [0.1, 0.15) is 0 Å². The fourth-order valence-corrected chi connectivity index (χ4v) is 4.60. The lowest BCUT2D eigenvalue weighted by Crippen LogP contribution is -2.41. The first-order chi connectivity index (χ1) is 11.3. The van der Waals surface area contributed by atoms with Crippen LogP contribution in [0.25, 0.3) is 10.2 Å². The van der Waals surface area contributed by atoms with Crippen LogP contribution in [0.15, 0.2) is 24.3 Å². The average Bonchev–Trinajstić information content (AvgIpc) is 3.19. The van der Waals surface area contributed by atoms with Gasteiger partial charge in [0.2, 0.25) is 0 Å². The number of rotatable bonds is 4. The first-order valence-corrected chi connectivity index (χ1v) is 9.16. The van der Waals surface area contributed by atoms with Crippen molar-refractivity contribution >= 4 is 26.7 Å². The highest BCUT2D eigenvalue weighted by molar-refractivity contribution is 7.22. The number of hydrogen-bond donors (Lipinski definition) is 1. The topological polar surface area (TPSA) is 48.8 Å². The Balaban J connectivity index is 1.47. The Kier molecular flexibility index (Phi) is 4.48. The van der Waals surface area contributed by atoms with Gasteiger partial charge >= 0.3 is 0 Å². The van der Waals surface area contributed by atoms with E-state index in [1.54, 1.807) is 11.3 Å². The number of aliphatic hydroxyl groups is 1. The van der Waals surface area contributed by atoms with Gasteiger partial charge in [0.05, 0.1) is 23.4 Å². The molecular weight excluding hydrogens is 310 g/mol. The number of morpholine rings is 1. The third-order valence-corrected chi connectivity index (χ3v) is 6.06. The summed E-state index contributed by atoms with van der Waals surface area (Å²) in [4.78, 5) is 9.60. The Bertz CT molecular complexity index is 623. The number of nitrogens with zero attached hydrogens (tertiary/aromatic N) is 3. The maximum absolute atomic E-state index is 9.78. The molecule has 1 aromatic heterocycles. The molecule has 23 heavy (non-hydrogen) atoms. The Morgan fingerprint density at radius 2 is 1.96 bits per heavy atom. The zero-order valence-electron chi connectivity index (χ0n) is 13.2. The van der Waals surface area contributed by atoms with Gasteiger partial charge in [-0.25, -0.2) is 4.98 Å². The van der Waals surface area contributed by atoms with Crippen LogP contribution in [0.3, 0.4) is 0 Å². The first kappa shape index (κ1) is 15.3. The fraction of sp³-hybridized carbons (Fsp3) is 0.588. The van der Waals surface area contributed by atoms with Gasteiger partial charge in [-0.15, -0.1) is 0 Å². The van der Waals surface area contributed by atoms with Crippen LogP contribution in [-0.4, -0.2) is 67.5 Å². The van der Waals surface area contributed by atoms with E-state index >= 15 is 0 Å². The minimum Gasteiger partial charge on any atom is -0.396 e. The highest BCUT2D eigenvalue weighted by atomic mass is 32.1. The molecule has 0 radical (unpaired) electrons. The molecule has 0 bridgehead atoms. The minimum atomic E-state index is 0.260. The molecule has 2 fully saturated rings. The molecule has 124 valence electrons. The Morgan fingerprint density at radius 3 is 2.74 bits per heavy atom. The smallest absolute Gasteiger partial charge is 0.186 e. The van der Waals surface area contributed by atoms with Gasteiger partial charge in [-0.1, -0.05) is 23.5 Å². The molecular formula is C17H23N3O2S. The van der Waals surface area contributed by atoms with Crippen molar-refractivity contribution in [1.29, 1.82) is 0 Å². The lowest BCUT2D eigenvalue weighted by Gasteiger charge is -2.30. The van der Waals surface area contributed by atoms with Crippen molar-refractivity contribution in [2.24, 2.45) is 11.8 Å². The van der Waals surface area contributed by atoms with Crippen LogP contribution < -0.4 is 4.90 Å². The molecule has 0 spiro atoms. The van der Waals surface area contributed by atoms with Crippen LogP contribution in [0.5, 0.6) is 0 Å². The summed E-state index contributed by atoms with van der Waals surface area (Å²) in [5.41, 5.74) is 1.07. The lowest BCUT2D eigenvalue weighted by atomic mass is 9.96. The molecule has 2 aliphatic rings. The van der Waals surface area contributed by atoms with Crippen molar-refractivity contribution in [2.45, 2.75) is 0 Å². The van der Waals surface area contributed by atoms with Crippen LogP contribution in [0.1, 0.15) is 0 Å². The number of fused-ring (bicyclic) bond motifs is 1. The van der Waals surface area contributed by atoms with Gasteiger partial charge < -0.3 is 14.7 Å². The van der Waals surface area contributed by atoms with Gasteiger partial charge in [-0.3, -0.25) is 4.90 Å². The second kappa shape index (κ2) is 6.73. The average molecular weight is 333 g/mol. The lowest BCUT2D eigenvalue weighted by molar-refractivity contribution is 0.0268. The molecule has 3 heterocycles. The molecule has 6 heteroatoms. The van der Waals surface area contributed by atoms with Crippen molar-refractivity contribution in [3.05, 3.63) is 24.3 Å². The van der Waals surface area contributed by atoms with Gasteiger partial charge in [-0.2, -0.15) is 0 Å². The summed E-state index contributed by atoms with van der Waals surface area (Å²) in [7, 11) is 0. The van der Waals surface area contributed by atoms with E-state index in [0.29, 0.717) is 11.8 Å². The monoisotopic (exact) mass is 333 g/mol. The summed E-state index contributed by atoms with van der Waals surface area (Å²) < 4.78 is 6.67. The summed E-state index contributed by atoms with van der Waals surface area (Å²) in [5, 5.41) is 10.9. The number of hydrogen-bond acceptors (Lipinski definition) is 6. The normalized spacial score (nSPS) is 26.2. The quantitative estimate of drug-likeness (QED) is 0.922. The number of anilines is 1. The third-order valence-electron chi connectivity index (χ3n) is 4.96. The molecule has 1 N–H and O–H groups in total. The van der Waals surface area contributed by atoms with Crippen molar-refractivity contribution < 1.29 is 9.84 Å². The largest absolute Gasteiger partial charge is 0.396 e. The molecule has 0 saturated carbocycles. The molecule has 2 aliphatic heterocycles. The maximum Gasteiger partial charge on any atom is 0.186 e. The SMILES string of the molecule is OC[C@@H]1CN(c2nc3ccccc3s2)C[C@@H]1CN1CCOCC1. The van der Waals surface area contributed by atoms with Gasteiger partial charge in [0.15, 0.2) is 5.13 Å². The summed E-state index contributed by atoms with van der Waals surface area (Å²) in [5.74, 6) is 0.843. The van der Waals surface area contributed by atoms with E-state index in [9.17, 15) is 5.11 Å². The summed E-state index contributed by atoms with van der Waals surface area (Å²) in [6.07, 6.45) is 0. The number of thiazole rings is 1. The van der Waals surface area contributed by atoms with E-state index in [0.717, 1.165) is 56.6 Å². The van der Waals surface area contributed by atoms with Crippen molar-refractivity contribution in [1.82, 2.24) is 9.88 Å². The second-order valence-electron chi connectivity index (χ2n) is 6.48. The standard InChI is InChI=1S/C17H23N3O2S/c21-12-14-11-20(10-13(14)9-19-5-7-22-8-6-19)17-18-15-3-1-2-4-16(15)23-17/h1-4,13-14,21H,5-12H2/t13-,14-/m0/s1. The number of aliphatic hydroxyl groups excluding tert-OH is 1. The van der Waals surface area contributed by atoms with Crippen LogP contribution in [-0.2, 0) is 4.74 Å². The maximum atomic E-state index is 9.78. The zero-order valence-corrected chi connectivity index (χ0v) is 14.0. The van der Waals surface area contributed by atoms with Crippen molar-refractivity contribution in [2.75, 3.05) is 57.4 Å². The van der Waals surface area contributed by atoms with Crippen LogP contribution >= 0.6 is 11.3 Å². The first-order valence-electron chi connectivity index (χ1n) is 8.35. The van der Waals surface area contributed by atoms with Crippen molar-refractivity contribution in [3.63, 3.8) is 0 Å². The summed E-state index contributed by atoms with van der Waals surface area (Å²) >= 11 is 1.75.